The number of anilines is 1. The summed E-state index contributed by atoms with van der Waals surface area (Å²) in [7, 11) is -3.61. The lowest BCUT2D eigenvalue weighted by atomic mass is 10.1. The van der Waals surface area contributed by atoms with Crippen molar-refractivity contribution in [3.63, 3.8) is 0 Å². The number of sulfonamides is 1. The molecule has 1 aromatic carbocycles. The Bertz CT molecular complexity index is 648. The number of benzene rings is 1. The first kappa shape index (κ1) is 15.7. The maximum absolute atomic E-state index is 13.6. The van der Waals surface area contributed by atoms with Crippen molar-refractivity contribution in [1.29, 1.82) is 0 Å². The maximum atomic E-state index is 13.6. The Kier molecular flexibility index (Phi) is 4.48. The van der Waals surface area contributed by atoms with E-state index in [4.69, 9.17) is 5.73 Å². The van der Waals surface area contributed by atoms with Gasteiger partial charge in [-0.25, -0.2) is 12.8 Å². The molecule has 1 aliphatic heterocycles. The highest BCUT2D eigenvalue weighted by molar-refractivity contribution is 7.92. The van der Waals surface area contributed by atoms with Crippen LogP contribution in [0.3, 0.4) is 0 Å². The van der Waals surface area contributed by atoms with Gasteiger partial charge in [-0.05, 0) is 31.0 Å². The average molecular weight is 315 g/mol. The van der Waals surface area contributed by atoms with E-state index >= 15 is 0 Å². The molecule has 8 heteroatoms. The molecule has 1 atom stereocenters. The molecular weight excluding hydrogens is 297 g/mol. The topological polar surface area (TPSA) is 92.5 Å². The van der Waals surface area contributed by atoms with Crippen molar-refractivity contribution in [1.82, 2.24) is 4.90 Å². The number of carbonyl (C=O) groups excluding carboxylic acids is 1. The van der Waals surface area contributed by atoms with Crippen LogP contribution in [0.4, 0.5) is 10.1 Å². The van der Waals surface area contributed by atoms with Crippen LogP contribution in [0, 0.1) is 5.82 Å². The number of carbonyl (C=O) groups is 1. The molecule has 1 saturated heterocycles. The minimum Gasteiger partial charge on any atom is -0.334 e. The Hall–Kier alpha value is -1.67. The first-order valence-electron chi connectivity index (χ1n) is 6.60. The lowest BCUT2D eigenvalue weighted by Gasteiger charge is -2.23. The summed E-state index contributed by atoms with van der Waals surface area (Å²) in [4.78, 5) is 14.1. The van der Waals surface area contributed by atoms with Crippen molar-refractivity contribution in [2.45, 2.75) is 18.9 Å². The zero-order valence-electron chi connectivity index (χ0n) is 11.7. The number of hydrogen-bond acceptors (Lipinski definition) is 4. The van der Waals surface area contributed by atoms with E-state index in [1.807, 2.05) is 0 Å². The fraction of sp³-hybridized carbons (Fsp3) is 0.462. The number of nitrogens with two attached hydrogens (primary N) is 1. The van der Waals surface area contributed by atoms with Crippen LogP contribution < -0.4 is 10.5 Å². The van der Waals surface area contributed by atoms with Crippen molar-refractivity contribution in [2.75, 3.05) is 24.1 Å². The zero-order valence-corrected chi connectivity index (χ0v) is 12.5. The third-order valence-corrected chi connectivity index (χ3v) is 4.01. The molecular formula is C13H18FN3O3S. The molecule has 2 rings (SSSR count). The van der Waals surface area contributed by atoms with Gasteiger partial charge in [0, 0.05) is 24.7 Å². The van der Waals surface area contributed by atoms with Crippen molar-refractivity contribution < 1.29 is 17.6 Å². The molecule has 6 nitrogen and oxygen atoms in total. The fourth-order valence-electron chi connectivity index (χ4n) is 2.45. The van der Waals surface area contributed by atoms with E-state index in [9.17, 15) is 17.6 Å². The van der Waals surface area contributed by atoms with Crippen molar-refractivity contribution in [2.24, 2.45) is 5.73 Å². The van der Waals surface area contributed by atoms with E-state index in [2.05, 4.69) is 4.72 Å². The summed E-state index contributed by atoms with van der Waals surface area (Å²) in [6.07, 6.45) is 2.65. The first-order valence-corrected chi connectivity index (χ1v) is 8.49. The van der Waals surface area contributed by atoms with Gasteiger partial charge in [0.15, 0.2) is 0 Å². The molecule has 1 aromatic rings. The summed E-state index contributed by atoms with van der Waals surface area (Å²) in [6, 6.07) is 3.62. The molecule has 0 spiro atoms. The summed E-state index contributed by atoms with van der Waals surface area (Å²) in [5.74, 6) is -0.992. The van der Waals surface area contributed by atoms with E-state index in [1.165, 1.54) is 12.1 Å². The minimum absolute atomic E-state index is 0.0196. The summed E-state index contributed by atoms with van der Waals surface area (Å²) in [6.45, 7) is 0.980. The molecule has 0 aliphatic carbocycles. The molecule has 116 valence electrons. The Morgan fingerprint density at radius 3 is 2.86 bits per heavy atom. The van der Waals surface area contributed by atoms with E-state index in [1.54, 1.807) is 4.90 Å². The molecule has 1 heterocycles. The third kappa shape index (κ3) is 3.70. The number of nitrogens with zero attached hydrogens (tertiary/aromatic N) is 1. The molecule has 0 bridgehead atoms. The van der Waals surface area contributed by atoms with E-state index in [-0.39, 0.29) is 23.2 Å². The summed E-state index contributed by atoms with van der Waals surface area (Å²) < 4.78 is 38.1. The fourth-order valence-corrected chi connectivity index (χ4v) is 3.01. The van der Waals surface area contributed by atoms with Crippen LogP contribution in [0.5, 0.6) is 0 Å². The second-order valence-electron chi connectivity index (χ2n) is 5.10. The van der Waals surface area contributed by atoms with Crippen molar-refractivity contribution >= 4 is 21.6 Å². The molecule has 1 aliphatic rings. The Morgan fingerprint density at radius 1 is 1.52 bits per heavy atom. The number of nitrogens with one attached hydrogen (secondary N) is 1. The quantitative estimate of drug-likeness (QED) is 0.858. The molecule has 1 amide bonds. The largest absolute Gasteiger partial charge is 0.334 e. The van der Waals surface area contributed by atoms with Crippen LogP contribution in [0.2, 0.25) is 0 Å². The second kappa shape index (κ2) is 5.98. The lowest BCUT2D eigenvalue weighted by Crippen LogP contribution is -2.39. The smallest absolute Gasteiger partial charge is 0.254 e. The molecule has 21 heavy (non-hydrogen) atoms. The Balaban J connectivity index is 2.28. The molecule has 0 radical (unpaired) electrons. The van der Waals surface area contributed by atoms with E-state index in [0.717, 1.165) is 25.2 Å². The lowest BCUT2D eigenvalue weighted by molar-refractivity contribution is 0.0741. The van der Waals surface area contributed by atoms with Crippen LogP contribution in [0.25, 0.3) is 0 Å². The number of hydrogen-bond donors (Lipinski definition) is 2. The van der Waals surface area contributed by atoms with Crippen LogP contribution >= 0.6 is 0 Å². The SMILES string of the molecule is CS(=O)(=O)Nc1cc(C(=O)N2CCCC2CN)ccc1F. The van der Waals surface area contributed by atoms with Gasteiger partial charge in [0.05, 0.1) is 11.9 Å². The first-order chi connectivity index (χ1) is 9.81. The third-order valence-electron chi connectivity index (χ3n) is 3.42. The molecule has 1 unspecified atom stereocenters. The summed E-state index contributed by atoms with van der Waals surface area (Å²) in [5, 5.41) is 0. The van der Waals surface area contributed by atoms with Gasteiger partial charge in [-0.2, -0.15) is 0 Å². The van der Waals surface area contributed by atoms with Crippen LogP contribution in [-0.4, -0.2) is 44.6 Å². The van der Waals surface area contributed by atoms with Gasteiger partial charge in [-0.3, -0.25) is 9.52 Å². The summed E-state index contributed by atoms with van der Waals surface area (Å²) in [5.41, 5.74) is 5.64. The highest BCUT2D eigenvalue weighted by Gasteiger charge is 2.28. The average Bonchev–Trinajstić information content (AvgIpc) is 2.87. The minimum atomic E-state index is -3.61. The normalized spacial score (nSPS) is 18.8. The predicted octanol–water partition coefficient (Wildman–Crippen LogP) is 0.760. The van der Waals surface area contributed by atoms with Crippen LogP contribution in [0.15, 0.2) is 18.2 Å². The number of rotatable bonds is 4. The van der Waals surface area contributed by atoms with Crippen LogP contribution in [0.1, 0.15) is 23.2 Å². The van der Waals surface area contributed by atoms with Gasteiger partial charge >= 0.3 is 0 Å². The number of amides is 1. The highest BCUT2D eigenvalue weighted by Crippen LogP contribution is 2.22. The van der Waals surface area contributed by atoms with Gasteiger partial charge in [0.1, 0.15) is 5.82 Å². The van der Waals surface area contributed by atoms with Gasteiger partial charge in [-0.1, -0.05) is 0 Å². The maximum Gasteiger partial charge on any atom is 0.254 e. The van der Waals surface area contributed by atoms with Crippen LogP contribution in [-0.2, 0) is 10.0 Å². The molecule has 3 N–H and O–H groups in total. The van der Waals surface area contributed by atoms with E-state index < -0.39 is 15.8 Å². The monoisotopic (exact) mass is 315 g/mol. The Morgan fingerprint density at radius 2 is 2.24 bits per heavy atom. The Labute approximate surface area is 123 Å². The molecule has 1 fully saturated rings. The van der Waals surface area contributed by atoms with Gasteiger partial charge in [0.25, 0.3) is 5.91 Å². The van der Waals surface area contributed by atoms with E-state index in [0.29, 0.717) is 13.1 Å². The van der Waals surface area contributed by atoms with Crippen molar-refractivity contribution in [3.8, 4) is 0 Å². The highest BCUT2D eigenvalue weighted by atomic mass is 32.2. The van der Waals surface area contributed by atoms with Gasteiger partial charge in [0.2, 0.25) is 10.0 Å². The summed E-state index contributed by atoms with van der Waals surface area (Å²) >= 11 is 0. The second-order valence-corrected chi connectivity index (χ2v) is 6.85. The molecule has 0 aromatic heterocycles. The predicted molar refractivity (Wildman–Crippen MR) is 78.0 cm³/mol. The van der Waals surface area contributed by atoms with Crippen molar-refractivity contribution in [3.05, 3.63) is 29.6 Å². The number of halogens is 1. The number of likely N-dealkylation sites (tertiary alicyclic amines) is 1. The zero-order chi connectivity index (χ0) is 15.6. The standard InChI is InChI=1S/C13H18FN3O3S/c1-21(19,20)16-12-7-9(4-5-11(12)14)13(18)17-6-2-3-10(17)8-15/h4-5,7,10,16H,2-3,6,8,15H2,1H3. The van der Waals surface area contributed by atoms with Gasteiger partial charge in [-0.15, -0.1) is 0 Å². The van der Waals surface area contributed by atoms with Gasteiger partial charge < -0.3 is 10.6 Å². The molecule has 0 saturated carbocycles.